The third-order valence-corrected chi connectivity index (χ3v) is 2.78. The van der Waals surface area contributed by atoms with Gasteiger partial charge in [0.2, 0.25) is 0 Å². The van der Waals surface area contributed by atoms with Crippen molar-refractivity contribution in [2.24, 2.45) is 5.73 Å². The molecular weight excluding hydrogens is 197 g/mol. The Morgan fingerprint density at radius 2 is 2.21 bits per heavy atom. The minimum absolute atomic E-state index is 0.0825. The van der Waals surface area contributed by atoms with Crippen molar-refractivity contribution in [3.05, 3.63) is 29.6 Å². The molecular formula is C11H16FNS. The molecule has 0 aliphatic heterocycles. The van der Waals surface area contributed by atoms with Gasteiger partial charge in [-0.2, -0.15) is 0 Å². The highest BCUT2D eigenvalue weighted by atomic mass is 32.2. The van der Waals surface area contributed by atoms with Crippen molar-refractivity contribution in [2.75, 3.05) is 5.75 Å². The smallest absolute Gasteiger partial charge is 0.137 e. The Morgan fingerprint density at radius 1 is 1.50 bits per heavy atom. The molecule has 1 unspecified atom stereocenters. The van der Waals surface area contributed by atoms with E-state index in [9.17, 15) is 4.39 Å². The summed E-state index contributed by atoms with van der Waals surface area (Å²) in [6, 6.07) is 5.45. The fourth-order valence-corrected chi connectivity index (χ4v) is 1.99. The van der Waals surface area contributed by atoms with Gasteiger partial charge in [0.1, 0.15) is 5.82 Å². The Bertz CT molecular complexity index is 299. The number of hydrogen-bond acceptors (Lipinski definition) is 2. The molecule has 0 bridgehead atoms. The standard InChI is InChI=1S/C11H16FNS/c1-3-14-11-5-4-9(6-8(2)13)7-10(11)12/h4-5,7-8H,3,6,13H2,1-2H3. The van der Waals surface area contributed by atoms with E-state index in [4.69, 9.17) is 5.73 Å². The van der Waals surface area contributed by atoms with E-state index in [2.05, 4.69) is 0 Å². The molecule has 1 atom stereocenters. The lowest BCUT2D eigenvalue weighted by Gasteiger charge is -2.07. The van der Waals surface area contributed by atoms with Gasteiger partial charge in [-0.15, -0.1) is 11.8 Å². The van der Waals surface area contributed by atoms with Crippen molar-refractivity contribution in [1.29, 1.82) is 0 Å². The van der Waals surface area contributed by atoms with E-state index >= 15 is 0 Å². The predicted octanol–water partition coefficient (Wildman–Crippen LogP) is 2.83. The zero-order valence-corrected chi connectivity index (χ0v) is 9.40. The first-order valence-electron chi connectivity index (χ1n) is 4.80. The molecule has 0 fully saturated rings. The lowest BCUT2D eigenvalue weighted by Crippen LogP contribution is -2.17. The van der Waals surface area contributed by atoms with Crippen molar-refractivity contribution >= 4 is 11.8 Å². The minimum atomic E-state index is -0.130. The summed E-state index contributed by atoms with van der Waals surface area (Å²) < 4.78 is 13.4. The van der Waals surface area contributed by atoms with Crippen LogP contribution in [0.5, 0.6) is 0 Å². The topological polar surface area (TPSA) is 26.0 Å². The first kappa shape index (κ1) is 11.5. The molecule has 0 radical (unpaired) electrons. The third-order valence-electron chi connectivity index (χ3n) is 1.85. The number of halogens is 1. The molecule has 3 heteroatoms. The van der Waals surface area contributed by atoms with Crippen LogP contribution in [0.25, 0.3) is 0 Å². The molecule has 0 amide bonds. The maximum Gasteiger partial charge on any atom is 0.137 e. The summed E-state index contributed by atoms with van der Waals surface area (Å²) in [6.07, 6.45) is 0.730. The molecule has 0 saturated heterocycles. The normalized spacial score (nSPS) is 12.9. The summed E-state index contributed by atoms with van der Waals surface area (Å²) >= 11 is 1.52. The van der Waals surface area contributed by atoms with E-state index < -0.39 is 0 Å². The van der Waals surface area contributed by atoms with Crippen LogP contribution in [0.2, 0.25) is 0 Å². The zero-order valence-electron chi connectivity index (χ0n) is 8.59. The van der Waals surface area contributed by atoms with Crippen LogP contribution in [0.3, 0.4) is 0 Å². The first-order valence-corrected chi connectivity index (χ1v) is 5.79. The van der Waals surface area contributed by atoms with Gasteiger partial charge < -0.3 is 5.73 Å². The summed E-state index contributed by atoms with van der Waals surface area (Å²) in [5, 5.41) is 0. The molecule has 0 spiro atoms. The van der Waals surface area contributed by atoms with Crippen molar-refractivity contribution in [1.82, 2.24) is 0 Å². The second kappa shape index (κ2) is 5.37. The summed E-state index contributed by atoms with van der Waals surface area (Å²) in [7, 11) is 0. The average Bonchev–Trinajstić information content (AvgIpc) is 2.09. The molecule has 0 heterocycles. The Morgan fingerprint density at radius 3 is 2.71 bits per heavy atom. The number of thioether (sulfide) groups is 1. The number of hydrogen-bond donors (Lipinski definition) is 1. The van der Waals surface area contributed by atoms with Gasteiger partial charge >= 0.3 is 0 Å². The molecule has 1 aromatic rings. The third kappa shape index (κ3) is 3.31. The van der Waals surface area contributed by atoms with Crippen LogP contribution in [-0.4, -0.2) is 11.8 Å². The van der Waals surface area contributed by atoms with Crippen LogP contribution in [0.15, 0.2) is 23.1 Å². The molecule has 0 aliphatic rings. The Labute approximate surface area is 88.9 Å². The summed E-state index contributed by atoms with van der Waals surface area (Å²) in [6.45, 7) is 3.94. The number of benzene rings is 1. The fourth-order valence-electron chi connectivity index (χ4n) is 1.32. The van der Waals surface area contributed by atoms with Gasteiger partial charge in [0.15, 0.2) is 0 Å². The molecule has 0 saturated carbocycles. The minimum Gasteiger partial charge on any atom is -0.328 e. The second-order valence-corrected chi connectivity index (χ2v) is 4.69. The van der Waals surface area contributed by atoms with E-state index in [-0.39, 0.29) is 11.9 Å². The molecule has 0 aromatic heterocycles. The highest BCUT2D eigenvalue weighted by molar-refractivity contribution is 7.99. The molecule has 1 rings (SSSR count). The van der Waals surface area contributed by atoms with Gasteiger partial charge in [0.05, 0.1) is 0 Å². The van der Waals surface area contributed by atoms with Crippen LogP contribution >= 0.6 is 11.8 Å². The number of nitrogens with two attached hydrogens (primary N) is 1. The first-order chi connectivity index (χ1) is 6.63. The van der Waals surface area contributed by atoms with E-state index in [0.717, 1.165) is 22.6 Å². The number of rotatable bonds is 4. The summed E-state index contributed by atoms with van der Waals surface area (Å²) in [4.78, 5) is 0.723. The maximum atomic E-state index is 13.4. The summed E-state index contributed by atoms with van der Waals surface area (Å²) in [5.74, 6) is 0.763. The Balaban J connectivity index is 2.78. The Hall–Kier alpha value is -0.540. The predicted molar refractivity (Wildman–Crippen MR) is 60.2 cm³/mol. The van der Waals surface area contributed by atoms with Crippen LogP contribution in [0.1, 0.15) is 19.4 Å². The monoisotopic (exact) mass is 213 g/mol. The highest BCUT2D eigenvalue weighted by Crippen LogP contribution is 2.22. The molecule has 1 nitrogen and oxygen atoms in total. The van der Waals surface area contributed by atoms with Gasteiger partial charge in [-0.1, -0.05) is 13.0 Å². The van der Waals surface area contributed by atoms with Gasteiger partial charge in [0, 0.05) is 10.9 Å². The molecule has 2 N–H and O–H groups in total. The Kier molecular flexibility index (Phi) is 4.42. The van der Waals surface area contributed by atoms with Gasteiger partial charge in [-0.3, -0.25) is 0 Å². The second-order valence-electron chi connectivity index (χ2n) is 3.38. The maximum absolute atomic E-state index is 13.4. The quantitative estimate of drug-likeness (QED) is 0.778. The average molecular weight is 213 g/mol. The SMILES string of the molecule is CCSc1ccc(CC(C)N)cc1F. The van der Waals surface area contributed by atoms with Crippen molar-refractivity contribution < 1.29 is 4.39 Å². The van der Waals surface area contributed by atoms with E-state index in [1.807, 2.05) is 26.0 Å². The lowest BCUT2D eigenvalue weighted by molar-refractivity contribution is 0.597. The van der Waals surface area contributed by atoms with Crippen LogP contribution < -0.4 is 5.73 Å². The van der Waals surface area contributed by atoms with Crippen LogP contribution in [0.4, 0.5) is 4.39 Å². The molecule has 1 aromatic carbocycles. The zero-order chi connectivity index (χ0) is 10.6. The van der Waals surface area contributed by atoms with Crippen LogP contribution in [0, 0.1) is 5.82 Å². The van der Waals surface area contributed by atoms with Crippen molar-refractivity contribution in [3.63, 3.8) is 0 Å². The van der Waals surface area contributed by atoms with Crippen LogP contribution in [-0.2, 0) is 6.42 Å². The van der Waals surface area contributed by atoms with E-state index in [1.54, 1.807) is 6.07 Å². The van der Waals surface area contributed by atoms with Gasteiger partial charge in [-0.05, 0) is 36.8 Å². The van der Waals surface area contributed by atoms with Crippen molar-refractivity contribution in [3.8, 4) is 0 Å². The fraction of sp³-hybridized carbons (Fsp3) is 0.455. The van der Waals surface area contributed by atoms with Gasteiger partial charge in [-0.25, -0.2) is 4.39 Å². The highest BCUT2D eigenvalue weighted by Gasteiger charge is 2.04. The molecule has 78 valence electrons. The van der Waals surface area contributed by atoms with Crippen molar-refractivity contribution in [2.45, 2.75) is 31.2 Å². The molecule has 0 aliphatic carbocycles. The van der Waals surface area contributed by atoms with E-state index in [1.165, 1.54) is 11.8 Å². The largest absolute Gasteiger partial charge is 0.328 e. The lowest BCUT2D eigenvalue weighted by atomic mass is 10.1. The van der Waals surface area contributed by atoms with Gasteiger partial charge in [0.25, 0.3) is 0 Å². The van der Waals surface area contributed by atoms with E-state index in [0.29, 0.717) is 0 Å². The summed E-state index contributed by atoms with van der Waals surface area (Å²) in [5.41, 5.74) is 6.61. The molecule has 14 heavy (non-hydrogen) atoms.